The molecule has 1 saturated heterocycles. The van der Waals surface area contributed by atoms with Crippen LogP contribution >= 0.6 is 11.6 Å². The number of amides is 3. The molecule has 1 aliphatic rings. The van der Waals surface area contributed by atoms with Gasteiger partial charge in [-0.3, -0.25) is 9.63 Å². The van der Waals surface area contributed by atoms with Gasteiger partial charge in [0.1, 0.15) is 11.6 Å². The number of hydrogen-bond donors (Lipinski definition) is 1. The van der Waals surface area contributed by atoms with Gasteiger partial charge in [0.05, 0.1) is 12.6 Å². The number of nitrogens with zero attached hydrogens (tertiary/aromatic N) is 3. The Morgan fingerprint density at radius 1 is 1.21 bits per heavy atom. The lowest BCUT2D eigenvalue weighted by Crippen LogP contribution is -2.45. The Kier molecular flexibility index (Phi) is 7.00. The normalized spacial score (nSPS) is 15.6. The highest BCUT2D eigenvalue weighted by atomic mass is 35.5. The average molecular weight is 475 g/mol. The summed E-state index contributed by atoms with van der Waals surface area (Å²) in [6.07, 6.45) is 3.49. The molecule has 1 N–H and O–H groups in total. The van der Waals surface area contributed by atoms with Gasteiger partial charge in [0.15, 0.2) is 5.82 Å². The zero-order chi connectivity index (χ0) is 23.4. The Hall–Kier alpha value is -3.30. The largest absolute Gasteiger partial charge is 0.334 e. The number of benzene rings is 2. The number of hydrogen-bond acceptors (Lipinski definition) is 4. The van der Waals surface area contributed by atoms with Crippen molar-refractivity contribution in [3.8, 4) is 0 Å². The van der Waals surface area contributed by atoms with E-state index in [1.165, 1.54) is 36.5 Å². The van der Waals surface area contributed by atoms with Crippen LogP contribution in [0.25, 0.3) is 10.8 Å². The van der Waals surface area contributed by atoms with E-state index in [1.54, 1.807) is 17.0 Å². The summed E-state index contributed by atoms with van der Waals surface area (Å²) in [6.45, 7) is 0.762. The molecule has 4 rings (SSSR count). The summed E-state index contributed by atoms with van der Waals surface area (Å²) in [7, 11) is 0. The molecule has 33 heavy (non-hydrogen) atoms. The Labute approximate surface area is 193 Å². The smallest absolute Gasteiger partial charge is 0.317 e. The lowest BCUT2D eigenvalue weighted by molar-refractivity contribution is -0.114. The van der Waals surface area contributed by atoms with Gasteiger partial charge in [0, 0.05) is 29.7 Å². The number of carbonyl (C=O) groups excluding carboxylic acids is 2. The van der Waals surface area contributed by atoms with Gasteiger partial charge in [-0.15, -0.1) is 0 Å². The number of carbonyl (C=O) groups is 2. The quantitative estimate of drug-likeness (QED) is 0.406. The average Bonchev–Trinajstić information content (AvgIpc) is 3.27. The standard InChI is InChI=1S/C23H21ClF2N4O3/c24-21-10-19(26)6-4-16(21)12-28-23(32)29-7-1-2-20(29)13-33-30(14-31)22-9-17-8-18(25)5-3-15(17)11-27-22/h3-6,8-11,14,20H,1-2,7,12-13H2,(H,28,32)/t20-/m0/s1. The predicted molar refractivity (Wildman–Crippen MR) is 120 cm³/mol. The molecule has 0 aliphatic carbocycles. The second-order valence-corrected chi connectivity index (χ2v) is 8.05. The van der Waals surface area contributed by atoms with Gasteiger partial charge in [0.2, 0.25) is 6.41 Å². The monoisotopic (exact) mass is 474 g/mol. The molecule has 3 aromatic rings. The first-order valence-corrected chi connectivity index (χ1v) is 10.7. The summed E-state index contributed by atoms with van der Waals surface area (Å²) >= 11 is 6.01. The van der Waals surface area contributed by atoms with E-state index in [9.17, 15) is 18.4 Å². The number of halogens is 3. The summed E-state index contributed by atoms with van der Waals surface area (Å²) in [4.78, 5) is 35.7. The number of nitrogens with one attached hydrogen (secondary N) is 1. The summed E-state index contributed by atoms with van der Waals surface area (Å²) in [5.74, 6) is -0.631. The summed E-state index contributed by atoms with van der Waals surface area (Å²) in [6, 6.07) is 9.27. The Morgan fingerprint density at radius 2 is 2.00 bits per heavy atom. The van der Waals surface area contributed by atoms with E-state index in [1.807, 2.05) is 0 Å². The molecule has 3 amide bonds. The number of aromatic nitrogens is 1. The zero-order valence-electron chi connectivity index (χ0n) is 17.5. The van der Waals surface area contributed by atoms with E-state index in [2.05, 4.69) is 10.3 Å². The van der Waals surface area contributed by atoms with E-state index in [-0.39, 0.29) is 36.1 Å². The van der Waals surface area contributed by atoms with Crippen molar-refractivity contribution in [3.05, 3.63) is 70.9 Å². The van der Waals surface area contributed by atoms with Gasteiger partial charge >= 0.3 is 6.03 Å². The van der Waals surface area contributed by atoms with Crippen molar-refractivity contribution in [2.75, 3.05) is 18.2 Å². The van der Waals surface area contributed by atoms with Gasteiger partial charge < -0.3 is 10.2 Å². The third-order valence-electron chi connectivity index (χ3n) is 5.48. The SMILES string of the molecule is O=CN(OC[C@@H]1CCCN1C(=O)NCc1ccc(F)cc1Cl)c1cc2cc(F)ccc2cn1. The van der Waals surface area contributed by atoms with Crippen molar-refractivity contribution in [1.82, 2.24) is 15.2 Å². The maximum absolute atomic E-state index is 13.5. The second-order valence-electron chi connectivity index (χ2n) is 7.64. The first kappa shape index (κ1) is 22.9. The third kappa shape index (κ3) is 5.37. The second kappa shape index (κ2) is 10.1. The van der Waals surface area contributed by atoms with Crippen LogP contribution in [0.2, 0.25) is 5.02 Å². The number of pyridine rings is 1. The zero-order valence-corrected chi connectivity index (χ0v) is 18.3. The fourth-order valence-electron chi connectivity index (χ4n) is 3.75. The molecule has 1 aliphatic heterocycles. The molecule has 10 heteroatoms. The third-order valence-corrected chi connectivity index (χ3v) is 5.83. The number of rotatable bonds is 7. The lowest BCUT2D eigenvalue weighted by atomic mass is 10.2. The van der Waals surface area contributed by atoms with Crippen molar-refractivity contribution >= 4 is 40.6 Å². The Bertz CT molecular complexity index is 1180. The maximum Gasteiger partial charge on any atom is 0.317 e. The molecule has 0 radical (unpaired) electrons. The molecule has 1 aromatic heterocycles. The van der Waals surface area contributed by atoms with Crippen LogP contribution in [0, 0.1) is 11.6 Å². The minimum atomic E-state index is -0.447. The Morgan fingerprint density at radius 3 is 2.79 bits per heavy atom. The van der Waals surface area contributed by atoms with Gasteiger partial charge in [-0.25, -0.2) is 18.6 Å². The van der Waals surface area contributed by atoms with Crippen molar-refractivity contribution in [3.63, 3.8) is 0 Å². The fourth-order valence-corrected chi connectivity index (χ4v) is 3.99. The molecule has 172 valence electrons. The highest BCUT2D eigenvalue weighted by molar-refractivity contribution is 6.31. The van der Waals surface area contributed by atoms with E-state index in [0.29, 0.717) is 30.3 Å². The van der Waals surface area contributed by atoms with Gasteiger partial charge in [-0.1, -0.05) is 17.7 Å². The highest BCUT2D eigenvalue weighted by Gasteiger charge is 2.30. The maximum atomic E-state index is 13.5. The topological polar surface area (TPSA) is 74.8 Å². The molecule has 0 unspecified atom stereocenters. The molecule has 1 atom stereocenters. The highest BCUT2D eigenvalue weighted by Crippen LogP contribution is 2.23. The molecule has 2 heterocycles. The van der Waals surface area contributed by atoms with E-state index in [0.717, 1.165) is 16.9 Å². The van der Waals surface area contributed by atoms with E-state index >= 15 is 0 Å². The molecular weight excluding hydrogens is 454 g/mol. The first-order chi connectivity index (χ1) is 15.9. The van der Waals surface area contributed by atoms with Crippen molar-refractivity contribution < 1.29 is 23.2 Å². The van der Waals surface area contributed by atoms with Gasteiger partial charge in [-0.2, -0.15) is 5.06 Å². The molecule has 0 saturated carbocycles. The van der Waals surface area contributed by atoms with E-state index < -0.39 is 11.6 Å². The number of likely N-dealkylation sites (tertiary alicyclic amines) is 1. The van der Waals surface area contributed by atoms with Gasteiger partial charge in [-0.05, 0) is 60.2 Å². The van der Waals surface area contributed by atoms with Crippen LogP contribution in [0.4, 0.5) is 19.4 Å². The van der Waals surface area contributed by atoms with Crippen LogP contribution in [0.5, 0.6) is 0 Å². The summed E-state index contributed by atoms with van der Waals surface area (Å²) < 4.78 is 26.7. The molecule has 0 spiro atoms. The van der Waals surface area contributed by atoms with E-state index in [4.69, 9.17) is 16.4 Å². The molecule has 1 fully saturated rings. The molecular formula is C23H21ClF2N4O3. The number of hydroxylamine groups is 1. The van der Waals surface area contributed by atoms with Crippen LogP contribution in [0.1, 0.15) is 18.4 Å². The van der Waals surface area contributed by atoms with Crippen LogP contribution in [-0.4, -0.2) is 41.5 Å². The van der Waals surface area contributed by atoms with Crippen molar-refractivity contribution in [2.45, 2.75) is 25.4 Å². The van der Waals surface area contributed by atoms with Crippen molar-refractivity contribution in [1.29, 1.82) is 0 Å². The molecule has 2 aromatic carbocycles. The van der Waals surface area contributed by atoms with Crippen LogP contribution in [-0.2, 0) is 16.2 Å². The minimum Gasteiger partial charge on any atom is -0.334 e. The number of fused-ring (bicyclic) bond motifs is 1. The van der Waals surface area contributed by atoms with Gasteiger partial charge in [0.25, 0.3) is 0 Å². The summed E-state index contributed by atoms with van der Waals surface area (Å²) in [5.41, 5.74) is 0.601. The number of urea groups is 1. The van der Waals surface area contributed by atoms with Crippen LogP contribution in [0.15, 0.2) is 48.7 Å². The lowest BCUT2D eigenvalue weighted by Gasteiger charge is -2.26. The minimum absolute atomic E-state index is 0.0757. The predicted octanol–water partition coefficient (Wildman–Crippen LogP) is 4.44. The summed E-state index contributed by atoms with van der Waals surface area (Å²) in [5, 5.41) is 5.30. The fraction of sp³-hybridized carbons (Fsp3) is 0.261. The van der Waals surface area contributed by atoms with Crippen molar-refractivity contribution in [2.24, 2.45) is 0 Å². The Balaban J connectivity index is 1.37. The number of anilines is 1. The molecule has 0 bridgehead atoms. The first-order valence-electron chi connectivity index (χ1n) is 10.4. The van der Waals surface area contributed by atoms with Crippen LogP contribution in [0.3, 0.4) is 0 Å². The molecule has 7 nitrogen and oxygen atoms in total. The van der Waals surface area contributed by atoms with Crippen LogP contribution < -0.4 is 10.4 Å².